The topological polar surface area (TPSA) is 42.1 Å². The first-order chi connectivity index (χ1) is 7.74. The lowest BCUT2D eigenvalue weighted by Gasteiger charge is -2.12. The van der Waals surface area contributed by atoms with Gasteiger partial charge in [0.05, 0.1) is 9.72 Å². The third kappa shape index (κ3) is 1.67. The molecule has 0 aliphatic carbocycles. The normalized spacial score (nSPS) is 20.9. The van der Waals surface area contributed by atoms with E-state index in [4.69, 9.17) is 17.3 Å². The minimum Gasteiger partial charge on any atom is -0.346 e. The summed E-state index contributed by atoms with van der Waals surface area (Å²) in [7, 11) is 0. The highest BCUT2D eigenvalue weighted by molar-refractivity contribution is 7.22. The van der Waals surface area contributed by atoms with Crippen LogP contribution in [0, 0.1) is 0 Å². The number of nitrogens with two attached hydrogens (primary N) is 1. The van der Waals surface area contributed by atoms with Gasteiger partial charge in [0, 0.05) is 19.1 Å². The second kappa shape index (κ2) is 3.87. The van der Waals surface area contributed by atoms with Gasteiger partial charge in [0.2, 0.25) is 0 Å². The Balaban J connectivity index is 2.02. The van der Waals surface area contributed by atoms with Crippen molar-refractivity contribution in [2.45, 2.75) is 12.5 Å². The molecule has 0 bridgehead atoms. The number of nitrogens with zero attached hydrogens (tertiary/aromatic N) is 2. The third-order valence-electron chi connectivity index (χ3n) is 2.85. The summed E-state index contributed by atoms with van der Waals surface area (Å²) in [6, 6.07) is 6.17. The zero-order valence-corrected chi connectivity index (χ0v) is 10.3. The maximum atomic E-state index is 6.11. The van der Waals surface area contributed by atoms with Gasteiger partial charge in [-0.25, -0.2) is 4.98 Å². The smallest absolute Gasteiger partial charge is 0.186 e. The minimum atomic E-state index is 0.280. The number of hydrogen-bond acceptors (Lipinski definition) is 4. The van der Waals surface area contributed by atoms with Gasteiger partial charge in [-0.2, -0.15) is 0 Å². The summed E-state index contributed by atoms with van der Waals surface area (Å²) in [4.78, 5) is 6.83. The second-order valence-electron chi connectivity index (χ2n) is 4.08. The summed E-state index contributed by atoms with van der Waals surface area (Å²) in [5.41, 5.74) is 6.80. The fraction of sp³-hybridized carbons (Fsp3) is 0.364. The molecular formula is C11H12ClN3S. The first-order valence-corrected chi connectivity index (χ1v) is 6.49. The molecular weight excluding hydrogens is 242 g/mol. The van der Waals surface area contributed by atoms with E-state index in [9.17, 15) is 0 Å². The van der Waals surface area contributed by atoms with Gasteiger partial charge < -0.3 is 10.6 Å². The number of hydrogen-bond donors (Lipinski definition) is 1. The average Bonchev–Trinajstić information content (AvgIpc) is 2.84. The molecule has 5 heteroatoms. The van der Waals surface area contributed by atoms with Crippen LogP contribution in [0.5, 0.6) is 0 Å². The number of rotatable bonds is 1. The van der Waals surface area contributed by atoms with Crippen molar-refractivity contribution in [3.63, 3.8) is 0 Å². The number of para-hydroxylation sites is 1. The zero-order chi connectivity index (χ0) is 11.1. The SMILES string of the molecule is NC1CCN(c2nc3c(Cl)cccc3s2)C1. The molecule has 1 aromatic heterocycles. The van der Waals surface area contributed by atoms with Gasteiger partial charge in [-0.05, 0) is 18.6 Å². The van der Waals surface area contributed by atoms with Crippen LogP contribution < -0.4 is 10.6 Å². The molecule has 1 atom stereocenters. The van der Waals surface area contributed by atoms with Gasteiger partial charge in [-0.15, -0.1) is 0 Å². The molecule has 1 aromatic carbocycles. The summed E-state index contributed by atoms with van der Waals surface area (Å²) >= 11 is 7.79. The molecule has 0 saturated carbocycles. The number of halogens is 1. The van der Waals surface area contributed by atoms with Gasteiger partial charge in [0.15, 0.2) is 5.13 Å². The highest BCUT2D eigenvalue weighted by Gasteiger charge is 2.22. The van der Waals surface area contributed by atoms with E-state index in [0.717, 1.165) is 39.9 Å². The second-order valence-corrected chi connectivity index (χ2v) is 5.49. The van der Waals surface area contributed by atoms with Crippen molar-refractivity contribution >= 4 is 38.3 Å². The van der Waals surface area contributed by atoms with Gasteiger partial charge >= 0.3 is 0 Å². The maximum absolute atomic E-state index is 6.11. The highest BCUT2D eigenvalue weighted by atomic mass is 35.5. The molecule has 1 saturated heterocycles. The van der Waals surface area contributed by atoms with Crippen LogP contribution in [0.25, 0.3) is 10.2 Å². The first kappa shape index (κ1) is 10.3. The Kier molecular flexibility index (Phi) is 2.50. The molecule has 2 N–H and O–H groups in total. The quantitative estimate of drug-likeness (QED) is 0.849. The van der Waals surface area contributed by atoms with Crippen molar-refractivity contribution in [3.8, 4) is 0 Å². The van der Waals surface area contributed by atoms with Crippen LogP contribution in [0.4, 0.5) is 5.13 Å². The summed E-state index contributed by atoms with van der Waals surface area (Å²) in [5.74, 6) is 0. The van der Waals surface area contributed by atoms with Crippen molar-refractivity contribution in [2.75, 3.05) is 18.0 Å². The van der Waals surface area contributed by atoms with Crippen LogP contribution in [-0.2, 0) is 0 Å². The Bertz CT molecular complexity index is 525. The van der Waals surface area contributed by atoms with Crippen LogP contribution in [0.15, 0.2) is 18.2 Å². The van der Waals surface area contributed by atoms with Crippen molar-refractivity contribution in [3.05, 3.63) is 23.2 Å². The van der Waals surface area contributed by atoms with Gasteiger partial charge in [0.1, 0.15) is 5.52 Å². The Hall–Kier alpha value is -0.840. The minimum absolute atomic E-state index is 0.280. The van der Waals surface area contributed by atoms with Crippen LogP contribution in [0.2, 0.25) is 5.02 Å². The molecule has 1 aliphatic rings. The van der Waals surface area contributed by atoms with Crippen LogP contribution in [0.3, 0.4) is 0 Å². The molecule has 3 nitrogen and oxygen atoms in total. The Morgan fingerprint density at radius 2 is 2.38 bits per heavy atom. The molecule has 0 spiro atoms. The van der Waals surface area contributed by atoms with E-state index in [1.165, 1.54) is 0 Å². The zero-order valence-electron chi connectivity index (χ0n) is 8.69. The van der Waals surface area contributed by atoms with Crippen molar-refractivity contribution < 1.29 is 0 Å². The van der Waals surface area contributed by atoms with E-state index < -0.39 is 0 Å². The highest BCUT2D eigenvalue weighted by Crippen LogP contribution is 2.33. The molecule has 0 amide bonds. The van der Waals surface area contributed by atoms with Crippen LogP contribution >= 0.6 is 22.9 Å². The number of aromatic nitrogens is 1. The van der Waals surface area contributed by atoms with Crippen molar-refractivity contribution in [2.24, 2.45) is 5.73 Å². The van der Waals surface area contributed by atoms with Crippen LogP contribution in [0.1, 0.15) is 6.42 Å². The van der Waals surface area contributed by atoms with Gasteiger partial charge in [-0.3, -0.25) is 0 Å². The standard InChI is InChI=1S/C11H12ClN3S/c12-8-2-1-3-9-10(8)14-11(16-9)15-5-4-7(13)6-15/h1-3,7H,4-6,13H2. The maximum Gasteiger partial charge on any atom is 0.186 e. The number of thiazole rings is 1. The van der Waals surface area contributed by atoms with Crippen molar-refractivity contribution in [1.29, 1.82) is 0 Å². The lowest BCUT2D eigenvalue weighted by Crippen LogP contribution is -2.26. The molecule has 0 radical (unpaired) electrons. The van der Waals surface area contributed by atoms with Crippen LogP contribution in [-0.4, -0.2) is 24.1 Å². The Morgan fingerprint density at radius 3 is 3.06 bits per heavy atom. The van der Waals surface area contributed by atoms with E-state index in [0.29, 0.717) is 0 Å². The number of fused-ring (bicyclic) bond motifs is 1. The predicted molar refractivity (Wildman–Crippen MR) is 69.4 cm³/mol. The molecule has 16 heavy (non-hydrogen) atoms. The van der Waals surface area contributed by atoms with E-state index in [-0.39, 0.29) is 6.04 Å². The number of benzene rings is 1. The lowest BCUT2D eigenvalue weighted by molar-refractivity contribution is 0.752. The Labute approximate surface area is 103 Å². The molecule has 3 rings (SSSR count). The van der Waals surface area contributed by atoms with Crippen molar-refractivity contribution in [1.82, 2.24) is 4.98 Å². The monoisotopic (exact) mass is 253 g/mol. The fourth-order valence-corrected chi connectivity index (χ4v) is 3.30. The fourth-order valence-electron chi connectivity index (χ4n) is 2.00. The first-order valence-electron chi connectivity index (χ1n) is 5.29. The predicted octanol–water partition coefficient (Wildman–Crippen LogP) is 2.49. The summed E-state index contributed by atoms with van der Waals surface area (Å²) < 4.78 is 1.14. The van der Waals surface area contributed by atoms with E-state index in [1.807, 2.05) is 12.1 Å². The molecule has 2 heterocycles. The largest absolute Gasteiger partial charge is 0.346 e. The van der Waals surface area contributed by atoms with E-state index in [2.05, 4.69) is 16.0 Å². The average molecular weight is 254 g/mol. The Morgan fingerprint density at radius 1 is 1.50 bits per heavy atom. The van der Waals surface area contributed by atoms with Gasteiger partial charge in [0.25, 0.3) is 0 Å². The summed E-state index contributed by atoms with van der Waals surface area (Å²) in [6.07, 6.45) is 1.05. The molecule has 84 valence electrons. The molecule has 1 aliphatic heterocycles. The number of anilines is 1. The molecule has 1 unspecified atom stereocenters. The summed E-state index contributed by atoms with van der Waals surface area (Å²) in [6.45, 7) is 1.90. The molecule has 2 aromatic rings. The summed E-state index contributed by atoms with van der Waals surface area (Å²) in [5, 5.41) is 1.76. The van der Waals surface area contributed by atoms with Gasteiger partial charge in [-0.1, -0.05) is 29.0 Å². The van der Waals surface area contributed by atoms with E-state index >= 15 is 0 Å². The lowest BCUT2D eigenvalue weighted by atomic mass is 10.3. The third-order valence-corrected chi connectivity index (χ3v) is 4.24. The van der Waals surface area contributed by atoms with E-state index in [1.54, 1.807) is 11.3 Å². The molecule has 1 fully saturated rings.